The predicted molar refractivity (Wildman–Crippen MR) is 80.3 cm³/mol. The molecule has 1 aliphatic carbocycles. The first-order chi connectivity index (χ1) is 9.19. The summed E-state index contributed by atoms with van der Waals surface area (Å²) in [7, 11) is 2.17. The first-order valence-electron chi connectivity index (χ1n) is 6.85. The Bertz CT molecular complexity index is 574. The van der Waals surface area contributed by atoms with Gasteiger partial charge in [-0.05, 0) is 43.5 Å². The van der Waals surface area contributed by atoms with Crippen LogP contribution in [0.3, 0.4) is 0 Å². The number of hydrogen-bond acceptors (Lipinski definition) is 2. The van der Waals surface area contributed by atoms with E-state index in [1.165, 1.54) is 23.8 Å². The molecule has 19 heavy (non-hydrogen) atoms. The van der Waals surface area contributed by atoms with Crippen molar-refractivity contribution in [2.45, 2.75) is 25.4 Å². The highest BCUT2D eigenvalue weighted by Crippen LogP contribution is 2.35. The molecule has 0 amide bonds. The zero-order chi connectivity index (χ0) is 13.4. The molecule has 4 heteroatoms. The monoisotopic (exact) mass is 277 g/mol. The summed E-state index contributed by atoms with van der Waals surface area (Å²) in [5.74, 6) is 0.801. The van der Waals surface area contributed by atoms with Gasteiger partial charge in [-0.15, -0.1) is 0 Å². The van der Waals surface area contributed by atoms with E-state index >= 15 is 0 Å². The summed E-state index contributed by atoms with van der Waals surface area (Å²) in [6.07, 6.45) is 4.74. The van der Waals surface area contributed by atoms with E-state index in [0.717, 1.165) is 29.5 Å². The number of rotatable bonds is 5. The summed E-state index contributed by atoms with van der Waals surface area (Å²) in [5, 5.41) is 2.02. The lowest BCUT2D eigenvalue weighted by Gasteiger charge is -2.26. The molecule has 3 rings (SSSR count). The molecule has 1 saturated carbocycles. The summed E-state index contributed by atoms with van der Waals surface area (Å²) in [6.45, 7) is 1.68. The maximum absolute atomic E-state index is 6.01. The van der Waals surface area contributed by atoms with Crippen molar-refractivity contribution in [2.75, 3.05) is 13.6 Å². The van der Waals surface area contributed by atoms with Crippen LogP contribution in [0.5, 0.6) is 0 Å². The minimum absolute atomic E-state index is 0.511. The van der Waals surface area contributed by atoms with Gasteiger partial charge in [-0.2, -0.15) is 0 Å². The zero-order valence-corrected chi connectivity index (χ0v) is 12.0. The third-order valence-corrected chi connectivity index (χ3v) is 4.36. The Kier molecular flexibility index (Phi) is 3.52. The third-order valence-electron chi connectivity index (χ3n) is 4.12. The molecule has 1 aromatic carbocycles. The molecule has 1 unspecified atom stereocenters. The van der Waals surface area contributed by atoms with E-state index in [2.05, 4.69) is 29.2 Å². The number of nitrogens with one attached hydrogen (secondary N) is 1. The average molecular weight is 278 g/mol. The van der Waals surface area contributed by atoms with Gasteiger partial charge in [0, 0.05) is 41.3 Å². The Balaban J connectivity index is 1.80. The molecule has 1 heterocycles. The van der Waals surface area contributed by atoms with Gasteiger partial charge in [0.15, 0.2) is 0 Å². The standard InChI is InChI=1S/C15H20ClN3/c1-19(15(7-17)10-2-3-10)9-11-8-18-14-6-12(16)4-5-13(11)14/h4-6,8,10,15,18H,2-3,7,9,17H2,1H3. The van der Waals surface area contributed by atoms with E-state index in [-0.39, 0.29) is 0 Å². The van der Waals surface area contributed by atoms with Crippen LogP contribution < -0.4 is 5.73 Å². The van der Waals surface area contributed by atoms with Gasteiger partial charge in [0.05, 0.1) is 0 Å². The first-order valence-corrected chi connectivity index (χ1v) is 7.22. The second-order valence-corrected chi connectivity index (χ2v) is 6.00. The fourth-order valence-corrected chi connectivity index (χ4v) is 3.06. The average Bonchev–Trinajstić information content (AvgIpc) is 3.14. The van der Waals surface area contributed by atoms with Crippen molar-refractivity contribution < 1.29 is 0 Å². The van der Waals surface area contributed by atoms with Crippen LogP contribution in [0.4, 0.5) is 0 Å². The molecule has 0 radical (unpaired) electrons. The normalized spacial score (nSPS) is 17.3. The molecule has 0 bridgehead atoms. The summed E-state index contributed by atoms with van der Waals surface area (Å²) in [6, 6.07) is 6.52. The molecule has 0 spiro atoms. The van der Waals surface area contributed by atoms with Gasteiger partial charge in [0.1, 0.15) is 0 Å². The lowest BCUT2D eigenvalue weighted by atomic mass is 10.1. The van der Waals surface area contributed by atoms with Gasteiger partial charge in [0.2, 0.25) is 0 Å². The molecule has 1 fully saturated rings. The van der Waals surface area contributed by atoms with Crippen LogP contribution in [-0.4, -0.2) is 29.5 Å². The Hall–Kier alpha value is -1.03. The maximum atomic E-state index is 6.01. The van der Waals surface area contributed by atoms with E-state index in [1.807, 2.05) is 12.1 Å². The van der Waals surface area contributed by atoms with Crippen molar-refractivity contribution in [2.24, 2.45) is 11.7 Å². The molecule has 1 aliphatic rings. The van der Waals surface area contributed by atoms with E-state index < -0.39 is 0 Å². The molecule has 2 aromatic rings. The summed E-state index contributed by atoms with van der Waals surface area (Å²) in [4.78, 5) is 5.68. The van der Waals surface area contributed by atoms with Gasteiger partial charge in [0.25, 0.3) is 0 Å². The molecule has 3 N–H and O–H groups in total. The third kappa shape index (κ3) is 2.64. The maximum Gasteiger partial charge on any atom is 0.0472 e. The van der Waals surface area contributed by atoms with Crippen molar-refractivity contribution in [3.8, 4) is 0 Å². The van der Waals surface area contributed by atoms with Gasteiger partial charge in [-0.3, -0.25) is 4.90 Å². The largest absolute Gasteiger partial charge is 0.361 e. The van der Waals surface area contributed by atoms with Crippen molar-refractivity contribution >= 4 is 22.5 Å². The minimum atomic E-state index is 0.511. The van der Waals surface area contributed by atoms with E-state index in [9.17, 15) is 0 Å². The summed E-state index contributed by atoms with van der Waals surface area (Å²) >= 11 is 6.01. The second-order valence-electron chi connectivity index (χ2n) is 5.56. The predicted octanol–water partition coefficient (Wildman–Crippen LogP) is 2.99. The molecular weight excluding hydrogens is 258 g/mol. The van der Waals surface area contributed by atoms with Crippen molar-refractivity contribution in [3.05, 3.63) is 35.0 Å². The summed E-state index contributed by atoms with van der Waals surface area (Å²) in [5.41, 5.74) is 8.33. The fraction of sp³-hybridized carbons (Fsp3) is 0.467. The molecule has 1 aromatic heterocycles. The summed E-state index contributed by atoms with van der Waals surface area (Å²) < 4.78 is 0. The van der Waals surface area contributed by atoms with Crippen LogP contribution in [0.2, 0.25) is 5.02 Å². The van der Waals surface area contributed by atoms with E-state index in [1.54, 1.807) is 0 Å². The Morgan fingerprint density at radius 3 is 2.95 bits per heavy atom. The Morgan fingerprint density at radius 2 is 2.26 bits per heavy atom. The number of fused-ring (bicyclic) bond motifs is 1. The van der Waals surface area contributed by atoms with Crippen LogP contribution in [-0.2, 0) is 6.54 Å². The molecule has 1 atom stereocenters. The lowest BCUT2D eigenvalue weighted by Crippen LogP contribution is -2.39. The quantitative estimate of drug-likeness (QED) is 0.882. The van der Waals surface area contributed by atoms with Gasteiger partial charge in [-0.1, -0.05) is 17.7 Å². The number of aromatic nitrogens is 1. The lowest BCUT2D eigenvalue weighted by molar-refractivity contribution is 0.216. The fourth-order valence-electron chi connectivity index (χ4n) is 2.89. The number of benzene rings is 1. The number of nitrogens with two attached hydrogens (primary N) is 1. The topological polar surface area (TPSA) is 45.0 Å². The van der Waals surface area contributed by atoms with Crippen molar-refractivity contribution in [3.63, 3.8) is 0 Å². The highest BCUT2D eigenvalue weighted by Gasteiger charge is 2.32. The second kappa shape index (κ2) is 5.16. The molecule has 0 saturated heterocycles. The molecular formula is C15H20ClN3. The first kappa shape index (κ1) is 13.0. The number of likely N-dealkylation sites (N-methyl/N-ethyl adjacent to an activating group) is 1. The van der Waals surface area contributed by atoms with Crippen molar-refractivity contribution in [1.29, 1.82) is 0 Å². The highest BCUT2D eigenvalue weighted by molar-refractivity contribution is 6.31. The molecule has 0 aliphatic heterocycles. The number of halogens is 1. The molecule has 102 valence electrons. The number of aromatic amines is 1. The molecule has 3 nitrogen and oxygen atoms in total. The van der Waals surface area contributed by atoms with Gasteiger partial charge < -0.3 is 10.7 Å². The van der Waals surface area contributed by atoms with Crippen LogP contribution in [0.1, 0.15) is 18.4 Å². The SMILES string of the molecule is CN(Cc1c[nH]c2cc(Cl)ccc12)C(CN)C1CC1. The van der Waals surface area contributed by atoms with E-state index in [4.69, 9.17) is 17.3 Å². The van der Waals surface area contributed by atoms with Crippen LogP contribution in [0.25, 0.3) is 10.9 Å². The van der Waals surface area contributed by atoms with Crippen molar-refractivity contribution in [1.82, 2.24) is 9.88 Å². The van der Waals surface area contributed by atoms with Crippen LogP contribution >= 0.6 is 11.6 Å². The smallest absolute Gasteiger partial charge is 0.0472 e. The number of nitrogens with zero attached hydrogens (tertiary/aromatic N) is 1. The van der Waals surface area contributed by atoms with Gasteiger partial charge in [-0.25, -0.2) is 0 Å². The Morgan fingerprint density at radius 1 is 1.47 bits per heavy atom. The van der Waals surface area contributed by atoms with Crippen LogP contribution in [0.15, 0.2) is 24.4 Å². The minimum Gasteiger partial charge on any atom is -0.361 e. The Labute approximate surface area is 118 Å². The van der Waals surface area contributed by atoms with E-state index in [0.29, 0.717) is 6.04 Å². The zero-order valence-electron chi connectivity index (χ0n) is 11.2. The number of hydrogen-bond donors (Lipinski definition) is 2. The van der Waals surface area contributed by atoms with Crippen LogP contribution in [0, 0.1) is 5.92 Å². The highest BCUT2D eigenvalue weighted by atomic mass is 35.5. The van der Waals surface area contributed by atoms with Gasteiger partial charge >= 0.3 is 0 Å². The number of H-pyrrole nitrogens is 1.